The van der Waals surface area contributed by atoms with Crippen LogP contribution in [0, 0.1) is 5.82 Å². The van der Waals surface area contributed by atoms with Crippen LogP contribution in [0.1, 0.15) is 10.4 Å². The summed E-state index contributed by atoms with van der Waals surface area (Å²) in [7, 11) is 0. The Morgan fingerprint density at radius 3 is 2.84 bits per heavy atom. The normalized spacial score (nSPS) is 10.6. The molecule has 0 aliphatic carbocycles. The van der Waals surface area contributed by atoms with Crippen LogP contribution < -0.4 is 5.32 Å². The number of rotatable bonds is 2. The molecule has 3 nitrogen and oxygen atoms in total. The zero-order valence-corrected chi connectivity index (χ0v) is 9.98. The number of benzene rings is 2. The second-order valence-corrected chi connectivity index (χ2v) is 4.24. The summed E-state index contributed by atoms with van der Waals surface area (Å²) in [5, 5.41) is 3.63. The van der Waals surface area contributed by atoms with E-state index in [2.05, 4.69) is 10.3 Å². The van der Waals surface area contributed by atoms with Gasteiger partial charge in [0.15, 0.2) is 0 Å². The Kier molecular flexibility index (Phi) is 2.76. The number of halogens is 1. The van der Waals surface area contributed by atoms with E-state index in [4.69, 9.17) is 0 Å². The van der Waals surface area contributed by atoms with Gasteiger partial charge in [-0.2, -0.15) is 0 Å². The average Bonchev–Trinajstić information content (AvgIpc) is 2.85. The fourth-order valence-corrected chi connectivity index (χ4v) is 1.96. The van der Waals surface area contributed by atoms with Crippen molar-refractivity contribution in [2.45, 2.75) is 0 Å². The first kappa shape index (κ1) is 11.5. The number of nitrogens with one attached hydrogen (secondary N) is 2. The standard InChI is InChI=1S/C15H11FN2O/c16-12-2-1-3-13(9-12)18-15(19)11-4-5-14-10(8-11)6-7-17-14/h1-9,17H,(H,18,19). The van der Waals surface area contributed by atoms with E-state index in [9.17, 15) is 9.18 Å². The molecule has 0 aliphatic heterocycles. The van der Waals surface area contributed by atoms with Gasteiger partial charge in [-0.05, 0) is 42.5 Å². The van der Waals surface area contributed by atoms with Gasteiger partial charge < -0.3 is 10.3 Å². The third kappa shape index (κ3) is 2.33. The molecule has 0 radical (unpaired) electrons. The summed E-state index contributed by atoms with van der Waals surface area (Å²) in [5.41, 5.74) is 1.96. The van der Waals surface area contributed by atoms with Crippen molar-refractivity contribution in [3.63, 3.8) is 0 Å². The summed E-state index contributed by atoms with van der Waals surface area (Å²) < 4.78 is 13.0. The van der Waals surface area contributed by atoms with Crippen molar-refractivity contribution in [2.24, 2.45) is 0 Å². The first-order valence-corrected chi connectivity index (χ1v) is 5.86. The highest BCUT2D eigenvalue weighted by molar-refractivity contribution is 6.06. The predicted octanol–water partition coefficient (Wildman–Crippen LogP) is 3.56. The maximum Gasteiger partial charge on any atom is 0.255 e. The van der Waals surface area contributed by atoms with E-state index in [0.29, 0.717) is 11.3 Å². The van der Waals surface area contributed by atoms with Gasteiger partial charge in [-0.3, -0.25) is 4.79 Å². The molecule has 0 fully saturated rings. The van der Waals surface area contributed by atoms with Gasteiger partial charge in [0, 0.05) is 28.4 Å². The van der Waals surface area contributed by atoms with Crippen LogP contribution in [-0.2, 0) is 0 Å². The van der Waals surface area contributed by atoms with Gasteiger partial charge in [0.05, 0.1) is 0 Å². The molecular weight excluding hydrogens is 243 g/mol. The van der Waals surface area contributed by atoms with E-state index in [1.165, 1.54) is 12.1 Å². The van der Waals surface area contributed by atoms with Crippen LogP contribution in [0.25, 0.3) is 10.9 Å². The molecular formula is C15H11FN2O. The van der Waals surface area contributed by atoms with Crippen LogP contribution in [0.15, 0.2) is 54.7 Å². The number of hydrogen-bond donors (Lipinski definition) is 2. The Bertz CT molecular complexity index is 748. The van der Waals surface area contributed by atoms with E-state index in [1.807, 2.05) is 18.3 Å². The van der Waals surface area contributed by atoms with E-state index < -0.39 is 0 Å². The zero-order valence-electron chi connectivity index (χ0n) is 9.98. The van der Waals surface area contributed by atoms with E-state index in [-0.39, 0.29) is 11.7 Å². The highest BCUT2D eigenvalue weighted by Crippen LogP contribution is 2.16. The van der Waals surface area contributed by atoms with Crippen LogP contribution in [-0.4, -0.2) is 10.9 Å². The van der Waals surface area contributed by atoms with E-state index in [1.54, 1.807) is 24.3 Å². The van der Waals surface area contributed by atoms with Crippen molar-refractivity contribution in [2.75, 3.05) is 5.32 Å². The molecule has 1 heterocycles. The molecule has 2 N–H and O–H groups in total. The average molecular weight is 254 g/mol. The van der Waals surface area contributed by atoms with Gasteiger partial charge in [-0.15, -0.1) is 0 Å². The van der Waals surface area contributed by atoms with Gasteiger partial charge in [0.2, 0.25) is 0 Å². The Morgan fingerprint density at radius 1 is 1.11 bits per heavy atom. The fraction of sp³-hybridized carbons (Fsp3) is 0. The number of hydrogen-bond acceptors (Lipinski definition) is 1. The second kappa shape index (κ2) is 4.57. The number of aromatic nitrogens is 1. The zero-order chi connectivity index (χ0) is 13.2. The summed E-state index contributed by atoms with van der Waals surface area (Å²) in [4.78, 5) is 15.1. The summed E-state index contributed by atoms with van der Waals surface area (Å²) in [6, 6.07) is 13.1. The first-order chi connectivity index (χ1) is 9.22. The van der Waals surface area contributed by atoms with Crippen molar-refractivity contribution in [3.8, 4) is 0 Å². The van der Waals surface area contributed by atoms with Gasteiger partial charge in [0.25, 0.3) is 5.91 Å². The maximum absolute atomic E-state index is 13.0. The molecule has 3 aromatic rings. The number of carbonyl (C=O) groups excluding carboxylic acids is 1. The lowest BCUT2D eigenvalue weighted by molar-refractivity contribution is 0.102. The minimum absolute atomic E-state index is 0.256. The van der Waals surface area contributed by atoms with Crippen LogP contribution in [0.2, 0.25) is 0 Å². The van der Waals surface area contributed by atoms with Gasteiger partial charge in [0.1, 0.15) is 5.82 Å². The molecule has 19 heavy (non-hydrogen) atoms. The quantitative estimate of drug-likeness (QED) is 0.721. The van der Waals surface area contributed by atoms with Gasteiger partial charge >= 0.3 is 0 Å². The lowest BCUT2D eigenvalue weighted by Gasteiger charge is -2.05. The van der Waals surface area contributed by atoms with E-state index >= 15 is 0 Å². The summed E-state index contributed by atoms with van der Waals surface area (Å²) in [6.45, 7) is 0. The monoisotopic (exact) mass is 254 g/mol. The van der Waals surface area contributed by atoms with Crippen molar-refractivity contribution in [1.29, 1.82) is 0 Å². The Hall–Kier alpha value is -2.62. The Morgan fingerprint density at radius 2 is 2.00 bits per heavy atom. The van der Waals surface area contributed by atoms with Crippen molar-refractivity contribution in [3.05, 3.63) is 66.1 Å². The lowest BCUT2D eigenvalue weighted by atomic mass is 10.1. The van der Waals surface area contributed by atoms with Crippen molar-refractivity contribution >= 4 is 22.5 Å². The molecule has 3 rings (SSSR count). The molecule has 1 amide bonds. The summed E-state index contributed by atoms with van der Waals surface area (Å²) in [6.07, 6.45) is 1.82. The molecule has 4 heteroatoms. The van der Waals surface area contributed by atoms with Crippen molar-refractivity contribution < 1.29 is 9.18 Å². The maximum atomic E-state index is 13.0. The predicted molar refractivity (Wildman–Crippen MR) is 72.7 cm³/mol. The van der Waals surface area contributed by atoms with Crippen molar-refractivity contribution in [1.82, 2.24) is 4.98 Å². The lowest BCUT2D eigenvalue weighted by Crippen LogP contribution is -2.11. The summed E-state index contributed by atoms with van der Waals surface area (Å²) in [5.74, 6) is -0.632. The molecule has 0 bridgehead atoms. The van der Waals surface area contributed by atoms with Crippen LogP contribution in [0.5, 0.6) is 0 Å². The number of aromatic amines is 1. The van der Waals surface area contributed by atoms with Crippen LogP contribution >= 0.6 is 0 Å². The minimum Gasteiger partial charge on any atom is -0.361 e. The number of H-pyrrole nitrogens is 1. The van der Waals surface area contributed by atoms with Crippen LogP contribution in [0.3, 0.4) is 0 Å². The third-order valence-corrected chi connectivity index (χ3v) is 2.90. The van der Waals surface area contributed by atoms with Gasteiger partial charge in [-0.25, -0.2) is 4.39 Å². The molecule has 2 aromatic carbocycles. The Labute approximate surface area is 109 Å². The minimum atomic E-state index is -0.376. The largest absolute Gasteiger partial charge is 0.361 e. The SMILES string of the molecule is O=C(Nc1cccc(F)c1)c1ccc2[nH]ccc2c1. The molecule has 0 unspecified atom stereocenters. The molecule has 0 saturated heterocycles. The molecule has 0 atom stereocenters. The Balaban J connectivity index is 1.87. The van der Waals surface area contributed by atoms with Gasteiger partial charge in [-0.1, -0.05) is 6.07 Å². The highest BCUT2D eigenvalue weighted by atomic mass is 19.1. The summed E-state index contributed by atoms with van der Waals surface area (Å²) >= 11 is 0. The molecule has 1 aromatic heterocycles. The van der Waals surface area contributed by atoms with E-state index in [0.717, 1.165) is 10.9 Å². The smallest absolute Gasteiger partial charge is 0.255 e. The number of amides is 1. The highest BCUT2D eigenvalue weighted by Gasteiger charge is 2.07. The fourth-order valence-electron chi connectivity index (χ4n) is 1.96. The number of carbonyl (C=O) groups is 1. The number of fused-ring (bicyclic) bond motifs is 1. The molecule has 0 saturated carbocycles. The topological polar surface area (TPSA) is 44.9 Å². The first-order valence-electron chi connectivity index (χ1n) is 5.86. The third-order valence-electron chi connectivity index (χ3n) is 2.90. The molecule has 0 spiro atoms. The van der Waals surface area contributed by atoms with Crippen LogP contribution in [0.4, 0.5) is 10.1 Å². The second-order valence-electron chi connectivity index (χ2n) is 4.24. The molecule has 94 valence electrons. The number of anilines is 1. The molecule has 0 aliphatic rings.